The molecule has 0 saturated carbocycles. The van der Waals surface area contributed by atoms with Crippen molar-refractivity contribution in [2.45, 2.75) is 39.7 Å². The summed E-state index contributed by atoms with van der Waals surface area (Å²) in [5, 5.41) is 5.90. The van der Waals surface area contributed by atoms with Gasteiger partial charge in [0.05, 0.1) is 12.2 Å². The summed E-state index contributed by atoms with van der Waals surface area (Å²) in [6.45, 7) is 5.27. The molecule has 0 fully saturated rings. The van der Waals surface area contributed by atoms with Crippen molar-refractivity contribution in [3.8, 4) is 11.3 Å². The SMILES string of the molecule is CCCc1c(C(N)=O)ccc(C)c1-c1nc(NCCCN(C)C)nc2c1CNC(=O)N2c1c(F)cccc1F. The highest BCUT2D eigenvalue weighted by atomic mass is 19.1. The van der Waals surface area contributed by atoms with E-state index >= 15 is 0 Å². The van der Waals surface area contributed by atoms with Gasteiger partial charge in [0.2, 0.25) is 11.9 Å². The minimum atomic E-state index is -0.905. The number of rotatable bonds is 10. The van der Waals surface area contributed by atoms with Crippen LogP contribution in [0, 0.1) is 18.6 Å². The Morgan fingerprint density at radius 3 is 2.54 bits per heavy atom. The first-order valence-electron chi connectivity index (χ1n) is 12.9. The van der Waals surface area contributed by atoms with Crippen LogP contribution in [0.15, 0.2) is 30.3 Å². The van der Waals surface area contributed by atoms with E-state index in [0.717, 1.165) is 47.5 Å². The number of aromatic nitrogens is 2. The molecule has 0 saturated heterocycles. The number of nitrogens with two attached hydrogens (primary N) is 1. The second kappa shape index (κ2) is 11.7. The molecule has 39 heavy (non-hydrogen) atoms. The number of halogens is 2. The van der Waals surface area contributed by atoms with Crippen LogP contribution in [0.5, 0.6) is 0 Å². The maximum atomic E-state index is 14.9. The van der Waals surface area contributed by atoms with Crippen molar-refractivity contribution in [1.82, 2.24) is 20.2 Å². The van der Waals surface area contributed by atoms with E-state index in [1.54, 1.807) is 12.1 Å². The van der Waals surface area contributed by atoms with Crippen molar-refractivity contribution in [1.29, 1.82) is 0 Å². The Morgan fingerprint density at radius 2 is 1.90 bits per heavy atom. The molecule has 1 aliphatic rings. The lowest BCUT2D eigenvalue weighted by molar-refractivity contribution is 0.0999. The Hall–Kier alpha value is -4.12. The maximum absolute atomic E-state index is 14.9. The van der Waals surface area contributed by atoms with Crippen LogP contribution >= 0.6 is 0 Å². The molecule has 4 rings (SSSR count). The number of carbonyl (C=O) groups excluding carboxylic acids is 2. The zero-order valence-electron chi connectivity index (χ0n) is 22.6. The van der Waals surface area contributed by atoms with E-state index in [0.29, 0.717) is 35.3 Å². The average molecular weight is 538 g/mol. The van der Waals surface area contributed by atoms with Gasteiger partial charge in [0.1, 0.15) is 17.3 Å². The van der Waals surface area contributed by atoms with E-state index in [4.69, 9.17) is 10.7 Å². The summed E-state index contributed by atoms with van der Waals surface area (Å²) in [6.07, 6.45) is 2.08. The number of primary amides is 1. The van der Waals surface area contributed by atoms with Crippen LogP contribution in [0.2, 0.25) is 0 Å². The molecule has 1 aliphatic heterocycles. The summed E-state index contributed by atoms with van der Waals surface area (Å²) in [6, 6.07) is 6.18. The molecule has 0 radical (unpaired) electrons. The van der Waals surface area contributed by atoms with Crippen molar-refractivity contribution in [3.05, 3.63) is 64.2 Å². The molecule has 9 nitrogen and oxygen atoms in total. The van der Waals surface area contributed by atoms with Crippen LogP contribution < -0.4 is 21.3 Å². The molecule has 0 aliphatic carbocycles. The van der Waals surface area contributed by atoms with Gasteiger partial charge in [-0.25, -0.2) is 23.5 Å². The molecule has 0 unspecified atom stereocenters. The molecular weight excluding hydrogens is 504 g/mol. The van der Waals surface area contributed by atoms with E-state index in [2.05, 4.69) is 15.6 Å². The zero-order valence-corrected chi connectivity index (χ0v) is 22.6. The Balaban J connectivity index is 1.98. The molecule has 206 valence electrons. The minimum absolute atomic E-state index is 0.0305. The highest BCUT2D eigenvalue weighted by molar-refractivity contribution is 6.03. The third-order valence-electron chi connectivity index (χ3n) is 6.57. The summed E-state index contributed by atoms with van der Waals surface area (Å²) in [5.74, 6) is -2.11. The highest BCUT2D eigenvalue weighted by Crippen LogP contribution is 2.40. The number of nitrogens with zero attached hydrogens (tertiary/aromatic N) is 4. The Labute approximate surface area is 226 Å². The Bertz CT molecular complexity index is 1390. The molecule has 11 heteroatoms. The molecule has 3 aromatic rings. The van der Waals surface area contributed by atoms with Crippen LogP contribution in [0.4, 0.5) is 31.0 Å². The Kier molecular flexibility index (Phi) is 8.39. The monoisotopic (exact) mass is 537 g/mol. The van der Waals surface area contributed by atoms with Gasteiger partial charge in [0.25, 0.3) is 0 Å². The second-order valence-electron chi connectivity index (χ2n) is 9.74. The molecule has 2 aromatic carbocycles. The average Bonchev–Trinajstić information content (AvgIpc) is 2.87. The van der Waals surface area contributed by atoms with Gasteiger partial charge in [-0.15, -0.1) is 0 Å². The summed E-state index contributed by atoms with van der Waals surface area (Å²) >= 11 is 0. The van der Waals surface area contributed by atoms with Gasteiger partial charge in [-0.2, -0.15) is 4.98 Å². The lowest BCUT2D eigenvalue weighted by atomic mass is 9.89. The number of aryl methyl sites for hydroxylation is 1. The van der Waals surface area contributed by atoms with E-state index in [9.17, 15) is 18.4 Å². The molecule has 3 amide bonds. The number of anilines is 3. The van der Waals surface area contributed by atoms with E-state index in [1.165, 1.54) is 6.07 Å². The van der Waals surface area contributed by atoms with E-state index < -0.39 is 29.3 Å². The largest absolute Gasteiger partial charge is 0.366 e. The molecule has 0 bridgehead atoms. The van der Waals surface area contributed by atoms with Crippen LogP contribution in [-0.4, -0.2) is 54.0 Å². The third kappa shape index (κ3) is 5.68. The van der Waals surface area contributed by atoms with Gasteiger partial charge in [0.15, 0.2) is 5.82 Å². The number of para-hydroxylation sites is 1. The topological polar surface area (TPSA) is 116 Å². The quantitative estimate of drug-likeness (QED) is 0.328. The van der Waals surface area contributed by atoms with Gasteiger partial charge in [-0.05, 0) is 69.7 Å². The lowest BCUT2D eigenvalue weighted by Crippen LogP contribution is -2.43. The number of hydrogen-bond donors (Lipinski definition) is 3. The van der Waals surface area contributed by atoms with Gasteiger partial charge in [-0.3, -0.25) is 4.79 Å². The summed E-state index contributed by atoms with van der Waals surface area (Å²) < 4.78 is 29.9. The predicted molar refractivity (Wildman–Crippen MR) is 147 cm³/mol. The van der Waals surface area contributed by atoms with Crippen LogP contribution in [0.25, 0.3) is 11.3 Å². The molecule has 4 N–H and O–H groups in total. The van der Waals surface area contributed by atoms with Crippen molar-refractivity contribution in [2.24, 2.45) is 5.73 Å². The molecule has 0 atom stereocenters. The van der Waals surface area contributed by atoms with Crippen molar-refractivity contribution in [2.75, 3.05) is 37.4 Å². The first kappa shape index (κ1) is 27.9. The zero-order chi connectivity index (χ0) is 28.3. The number of carbonyl (C=O) groups is 2. The van der Waals surface area contributed by atoms with Crippen LogP contribution in [-0.2, 0) is 13.0 Å². The second-order valence-corrected chi connectivity index (χ2v) is 9.74. The highest BCUT2D eigenvalue weighted by Gasteiger charge is 2.35. The molecule has 1 aromatic heterocycles. The fourth-order valence-corrected chi connectivity index (χ4v) is 4.79. The van der Waals surface area contributed by atoms with Crippen LogP contribution in [0.1, 0.15) is 46.8 Å². The van der Waals surface area contributed by atoms with Gasteiger partial charge >= 0.3 is 6.03 Å². The summed E-state index contributed by atoms with van der Waals surface area (Å²) in [5.41, 5.74) is 8.75. The van der Waals surface area contributed by atoms with Gasteiger partial charge in [-0.1, -0.05) is 25.5 Å². The van der Waals surface area contributed by atoms with Gasteiger partial charge in [0, 0.05) is 23.2 Å². The predicted octanol–water partition coefficient (Wildman–Crippen LogP) is 4.51. The fraction of sp³-hybridized carbons (Fsp3) is 0.357. The number of urea groups is 1. The number of fused-ring (bicyclic) bond motifs is 1. The minimum Gasteiger partial charge on any atom is -0.366 e. The number of amides is 3. The normalized spacial score (nSPS) is 12.9. The standard InChI is InChI=1S/C28H33F2N7O2/c1-5-8-17-18(25(31)38)12-11-16(2)22(17)23-19-15-33-28(39)37(24-20(29)9-6-10-21(24)30)26(19)35-27(34-23)32-13-7-14-36(3)4/h6,9-12H,5,7-8,13-15H2,1-4H3,(H2,31,38)(H,33,39)(H,32,34,35). The number of hydrogen-bond acceptors (Lipinski definition) is 6. The maximum Gasteiger partial charge on any atom is 0.328 e. The van der Waals surface area contributed by atoms with Crippen molar-refractivity contribution in [3.63, 3.8) is 0 Å². The van der Waals surface area contributed by atoms with Crippen molar-refractivity contribution < 1.29 is 18.4 Å². The van der Waals surface area contributed by atoms with E-state index in [1.807, 2.05) is 32.8 Å². The van der Waals surface area contributed by atoms with Gasteiger partial charge < -0.3 is 21.3 Å². The smallest absolute Gasteiger partial charge is 0.328 e. The lowest BCUT2D eigenvalue weighted by Gasteiger charge is -2.31. The number of benzene rings is 2. The van der Waals surface area contributed by atoms with Crippen LogP contribution in [0.3, 0.4) is 0 Å². The summed E-state index contributed by atoms with van der Waals surface area (Å²) in [7, 11) is 3.94. The third-order valence-corrected chi connectivity index (χ3v) is 6.57. The Morgan fingerprint density at radius 1 is 1.18 bits per heavy atom. The summed E-state index contributed by atoms with van der Waals surface area (Å²) in [4.78, 5) is 37.8. The van der Waals surface area contributed by atoms with Crippen molar-refractivity contribution >= 4 is 29.4 Å². The molecular formula is C28H33F2N7O2. The molecule has 0 spiro atoms. The van der Waals surface area contributed by atoms with E-state index in [-0.39, 0.29) is 18.3 Å². The first-order valence-corrected chi connectivity index (χ1v) is 12.9. The number of nitrogens with one attached hydrogen (secondary N) is 2. The first-order chi connectivity index (χ1) is 18.6. The fourth-order valence-electron chi connectivity index (χ4n) is 4.79. The molecule has 2 heterocycles.